The summed E-state index contributed by atoms with van der Waals surface area (Å²) in [5.41, 5.74) is 0.631. The van der Waals surface area contributed by atoms with E-state index in [1.807, 2.05) is 39.0 Å². The average Bonchev–Trinajstić information content (AvgIpc) is 2.30. The van der Waals surface area contributed by atoms with Gasteiger partial charge >= 0.3 is 7.60 Å². The molecule has 0 radical (unpaired) electrons. The number of hydrogen-bond donors (Lipinski definition) is 0. The molecule has 0 unspecified atom stereocenters. The van der Waals surface area contributed by atoms with Gasteiger partial charge in [0.1, 0.15) is 0 Å². The van der Waals surface area contributed by atoms with Crippen LogP contribution < -0.4 is 0 Å². The Morgan fingerprint density at radius 3 is 2.28 bits per heavy atom. The number of hydrogen-bond acceptors (Lipinski definition) is 3. The Balaban J connectivity index is 3.09. The zero-order chi connectivity index (χ0) is 13.6. The average molecular weight is 291 g/mol. The van der Waals surface area contributed by atoms with E-state index < -0.39 is 7.60 Å². The summed E-state index contributed by atoms with van der Waals surface area (Å²) >= 11 is 5.98. The molecule has 0 N–H and O–H groups in total. The molecule has 0 aromatic heterocycles. The Labute approximate surface area is 114 Å². The van der Waals surface area contributed by atoms with Crippen molar-refractivity contribution in [3.8, 4) is 0 Å². The molecule has 3 nitrogen and oxygen atoms in total. The molecule has 1 rings (SSSR count). The van der Waals surface area contributed by atoms with Crippen LogP contribution in [-0.4, -0.2) is 13.2 Å². The van der Waals surface area contributed by atoms with Gasteiger partial charge in [0.05, 0.1) is 18.9 Å². The van der Waals surface area contributed by atoms with E-state index in [4.69, 9.17) is 20.6 Å². The largest absolute Gasteiger partial charge is 0.338 e. The minimum atomic E-state index is -3.13. The third kappa shape index (κ3) is 3.83. The first-order valence-corrected chi connectivity index (χ1v) is 8.20. The molecule has 102 valence electrons. The van der Waals surface area contributed by atoms with Crippen molar-refractivity contribution in [2.75, 3.05) is 13.2 Å². The molecule has 0 spiro atoms. The van der Waals surface area contributed by atoms with Gasteiger partial charge in [-0.3, -0.25) is 4.57 Å². The molecule has 1 aromatic carbocycles. The molecule has 5 heteroatoms. The highest BCUT2D eigenvalue weighted by molar-refractivity contribution is 7.54. The summed E-state index contributed by atoms with van der Waals surface area (Å²) in [6.45, 7) is 6.34. The third-order valence-electron chi connectivity index (χ3n) is 2.62. The van der Waals surface area contributed by atoms with E-state index in [2.05, 4.69) is 0 Å². The lowest BCUT2D eigenvalue weighted by atomic mass is 10.1. The van der Waals surface area contributed by atoms with Gasteiger partial charge < -0.3 is 9.05 Å². The topological polar surface area (TPSA) is 35.5 Å². The Hall–Kier alpha value is -0.340. The first kappa shape index (κ1) is 15.7. The van der Waals surface area contributed by atoms with Crippen LogP contribution in [0.1, 0.15) is 38.4 Å². The lowest BCUT2D eigenvalue weighted by molar-refractivity contribution is 0.211. The predicted molar refractivity (Wildman–Crippen MR) is 75.3 cm³/mol. The Bertz CT molecular complexity index is 412. The van der Waals surface area contributed by atoms with Crippen molar-refractivity contribution in [2.45, 2.75) is 32.9 Å². The molecule has 0 aliphatic carbocycles. The van der Waals surface area contributed by atoms with E-state index in [0.717, 1.165) is 5.56 Å². The first-order chi connectivity index (χ1) is 8.57. The van der Waals surface area contributed by atoms with Gasteiger partial charge in [-0.25, -0.2) is 0 Å². The molecule has 1 aromatic rings. The minimum absolute atomic E-state index is 0.268. The highest BCUT2D eigenvalue weighted by Crippen LogP contribution is 2.62. The van der Waals surface area contributed by atoms with Gasteiger partial charge in [0.2, 0.25) is 0 Å². The van der Waals surface area contributed by atoms with Crippen molar-refractivity contribution in [1.82, 2.24) is 0 Å². The summed E-state index contributed by atoms with van der Waals surface area (Å²) in [7, 11) is -3.13. The summed E-state index contributed by atoms with van der Waals surface area (Å²) in [6.07, 6.45) is 0.678. The number of halogens is 1. The Kier molecular flexibility index (Phi) is 6.37. The van der Waals surface area contributed by atoms with Gasteiger partial charge in [0.15, 0.2) is 0 Å². The van der Waals surface area contributed by atoms with Crippen molar-refractivity contribution in [2.24, 2.45) is 0 Å². The maximum absolute atomic E-state index is 12.8. The van der Waals surface area contributed by atoms with Gasteiger partial charge in [-0.2, -0.15) is 0 Å². The van der Waals surface area contributed by atoms with Crippen molar-refractivity contribution in [3.05, 3.63) is 34.9 Å². The maximum Gasteiger partial charge on any atom is 0.338 e. The lowest BCUT2D eigenvalue weighted by Crippen LogP contribution is -2.06. The highest BCUT2D eigenvalue weighted by Gasteiger charge is 2.35. The smallest absolute Gasteiger partial charge is 0.308 e. The number of rotatable bonds is 7. The van der Waals surface area contributed by atoms with E-state index in [-0.39, 0.29) is 5.66 Å². The van der Waals surface area contributed by atoms with E-state index in [1.54, 1.807) is 6.07 Å². The van der Waals surface area contributed by atoms with Gasteiger partial charge in [0, 0.05) is 5.02 Å². The molecule has 18 heavy (non-hydrogen) atoms. The molecule has 0 amide bonds. The summed E-state index contributed by atoms with van der Waals surface area (Å²) in [4.78, 5) is 0. The van der Waals surface area contributed by atoms with E-state index >= 15 is 0 Å². The van der Waals surface area contributed by atoms with Crippen LogP contribution in [0.2, 0.25) is 5.02 Å². The molecule has 0 saturated carbocycles. The molecule has 1 atom stereocenters. The Morgan fingerprint density at radius 1 is 1.22 bits per heavy atom. The van der Waals surface area contributed by atoms with Gasteiger partial charge in [-0.05, 0) is 38.0 Å². The van der Waals surface area contributed by atoms with Crippen molar-refractivity contribution < 1.29 is 13.6 Å². The molecule has 0 bridgehead atoms. The van der Waals surface area contributed by atoms with Crippen LogP contribution in [0.5, 0.6) is 0 Å². The Morgan fingerprint density at radius 2 is 1.83 bits per heavy atom. The van der Waals surface area contributed by atoms with Gasteiger partial charge in [0.25, 0.3) is 0 Å². The van der Waals surface area contributed by atoms with Crippen LogP contribution >= 0.6 is 19.2 Å². The molecule has 0 saturated heterocycles. The van der Waals surface area contributed by atoms with Crippen LogP contribution in [0.4, 0.5) is 0 Å². The molecule has 0 aliphatic rings. The van der Waals surface area contributed by atoms with Crippen LogP contribution in [0.3, 0.4) is 0 Å². The molecule has 0 aliphatic heterocycles. The monoisotopic (exact) mass is 290 g/mol. The van der Waals surface area contributed by atoms with Crippen molar-refractivity contribution in [1.29, 1.82) is 0 Å². The van der Waals surface area contributed by atoms with Crippen LogP contribution in [0.15, 0.2) is 24.3 Å². The van der Waals surface area contributed by atoms with Crippen LogP contribution in [0.25, 0.3) is 0 Å². The van der Waals surface area contributed by atoms with Crippen molar-refractivity contribution >= 4 is 19.2 Å². The maximum atomic E-state index is 12.8. The highest BCUT2D eigenvalue weighted by atomic mass is 35.5. The van der Waals surface area contributed by atoms with Crippen molar-refractivity contribution in [3.63, 3.8) is 0 Å². The fourth-order valence-corrected chi connectivity index (χ4v) is 4.26. The van der Waals surface area contributed by atoms with Gasteiger partial charge in [-0.1, -0.05) is 30.7 Å². The fourth-order valence-electron chi connectivity index (χ4n) is 1.93. The standard InChI is InChI=1S/C13H20ClO3P/c1-4-13(11-8-7-9-12(14)10-11)18(15,16-5-2)17-6-3/h7-10,13H,4-6H2,1-3H3/t13-/m1/s1. The molecular weight excluding hydrogens is 271 g/mol. The van der Waals surface area contributed by atoms with Crippen LogP contribution in [-0.2, 0) is 13.6 Å². The van der Waals surface area contributed by atoms with E-state index in [1.165, 1.54) is 0 Å². The SMILES string of the molecule is CCOP(=O)(OCC)[C@H](CC)c1cccc(Cl)c1. The molecule has 0 fully saturated rings. The quantitative estimate of drug-likeness (QED) is 0.659. The zero-order valence-electron chi connectivity index (χ0n) is 11.1. The summed E-state index contributed by atoms with van der Waals surface area (Å²) < 4.78 is 23.6. The second kappa shape index (κ2) is 7.30. The lowest BCUT2D eigenvalue weighted by Gasteiger charge is -2.25. The first-order valence-electron chi connectivity index (χ1n) is 6.21. The van der Waals surface area contributed by atoms with E-state index in [0.29, 0.717) is 24.7 Å². The molecular formula is C13H20ClO3P. The normalized spacial score (nSPS) is 13.6. The van der Waals surface area contributed by atoms with E-state index in [9.17, 15) is 4.57 Å². The fraction of sp³-hybridized carbons (Fsp3) is 0.538. The second-order valence-electron chi connectivity index (χ2n) is 3.85. The van der Waals surface area contributed by atoms with Crippen LogP contribution in [0, 0.1) is 0 Å². The predicted octanol–water partition coefficient (Wildman–Crippen LogP) is 5.06. The third-order valence-corrected chi connectivity index (χ3v) is 5.52. The summed E-state index contributed by atoms with van der Waals surface area (Å²) in [5, 5.41) is 0.630. The second-order valence-corrected chi connectivity index (χ2v) is 6.51. The summed E-state index contributed by atoms with van der Waals surface area (Å²) in [5.74, 6) is 0. The summed E-state index contributed by atoms with van der Waals surface area (Å²) in [6, 6.07) is 7.37. The zero-order valence-corrected chi connectivity index (χ0v) is 12.7. The molecule has 0 heterocycles. The minimum Gasteiger partial charge on any atom is -0.308 e. The van der Waals surface area contributed by atoms with Gasteiger partial charge in [-0.15, -0.1) is 0 Å². The number of benzene rings is 1.